The summed E-state index contributed by atoms with van der Waals surface area (Å²) in [7, 11) is 3.83. The van der Waals surface area contributed by atoms with Gasteiger partial charge in [0.25, 0.3) is 0 Å². The van der Waals surface area contributed by atoms with Crippen LogP contribution < -0.4 is 5.32 Å². The lowest BCUT2D eigenvalue weighted by molar-refractivity contribution is 0.0353. The van der Waals surface area contributed by atoms with Crippen molar-refractivity contribution in [2.45, 2.75) is 46.3 Å². The Morgan fingerprint density at radius 2 is 1.72 bits per heavy atom. The van der Waals surface area contributed by atoms with Gasteiger partial charge in [-0.25, -0.2) is 0 Å². The Labute approximate surface area is 112 Å². The number of ether oxygens (including phenoxy) is 1. The van der Waals surface area contributed by atoms with E-state index < -0.39 is 0 Å². The summed E-state index contributed by atoms with van der Waals surface area (Å²) in [5.74, 6) is 0.511. The highest BCUT2D eigenvalue weighted by Gasteiger charge is 2.24. The van der Waals surface area contributed by atoms with Crippen LogP contribution in [0.2, 0.25) is 0 Å². The van der Waals surface area contributed by atoms with E-state index in [0.29, 0.717) is 12.0 Å². The van der Waals surface area contributed by atoms with Gasteiger partial charge in [-0.1, -0.05) is 32.0 Å². The number of nitrogens with one attached hydrogen (secondary N) is 1. The number of rotatable bonds is 6. The molecule has 0 aliphatic heterocycles. The van der Waals surface area contributed by atoms with Gasteiger partial charge in [0.05, 0.1) is 6.10 Å². The van der Waals surface area contributed by atoms with Crippen LogP contribution in [0.1, 0.15) is 30.5 Å². The third kappa shape index (κ3) is 3.56. The van der Waals surface area contributed by atoms with Gasteiger partial charge in [0.2, 0.25) is 0 Å². The lowest BCUT2D eigenvalue weighted by Crippen LogP contribution is -2.43. The SMILES string of the molecule is CNC(Cc1c(C)cccc1C)C(OC)C(C)C. The Morgan fingerprint density at radius 3 is 2.11 bits per heavy atom. The van der Waals surface area contributed by atoms with Gasteiger partial charge in [0.15, 0.2) is 0 Å². The van der Waals surface area contributed by atoms with Crippen LogP contribution in [0.5, 0.6) is 0 Å². The van der Waals surface area contributed by atoms with E-state index in [2.05, 4.69) is 51.2 Å². The molecule has 0 spiro atoms. The van der Waals surface area contributed by atoms with E-state index in [9.17, 15) is 0 Å². The predicted octanol–water partition coefficient (Wildman–Crippen LogP) is 3.10. The average Bonchev–Trinajstić information content (AvgIpc) is 2.32. The molecule has 0 saturated heterocycles. The van der Waals surface area contributed by atoms with Crippen LogP contribution in [0.3, 0.4) is 0 Å². The molecule has 2 nitrogen and oxygen atoms in total. The zero-order valence-corrected chi connectivity index (χ0v) is 12.6. The van der Waals surface area contributed by atoms with Crippen LogP contribution in [-0.4, -0.2) is 26.3 Å². The van der Waals surface area contributed by atoms with Gasteiger partial charge < -0.3 is 10.1 Å². The van der Waals surface area contributed by atoms with Crippen LogP contribution in [-0.2, 0) is 11.2 Å². The van der Waals surface area contributed by atoms with Crippen molar-refractivity contribution < 1.29 is 4.74 Å². The second-order valence-electron chi connectivity index (χ2n) is 5.41. The van der Waals surface area contributed by atoms with Crippen molar-refractivity contribution in [2.75, 3.05) is 14.2 Å². The molecular weight excluding hydrogens is 222 g/mol. The molecule has 1 rings (SSSR count). The molecule has 0 bridgehead atoms. The standard InChI is InChI=1S/C16H27NO/c1-11(2)16(18-6)15(17-5)10-14-12(3)8-7-9-13(14)4/h7-9,11,15-17H,10H2,1-6H3. The molecule has 0 fully saturated rings. The van der Waals surface area contributed by atoms with Gasteiger partial charge in [-0.3, -0.25) is 0 Å². The number of aryl methyl sites for hydroxylation is 2. The number of benzene rings is 1. The van der Waals surface area contributed by atoms with E-state index in [1.165, 1.54) is 16.7 Å². The largest absolute Gasteiger partial charge is 0.380 e. The topological polar surface area (TPSA) is 21.3 Å². The van der Waals surface area contributed by atoms with Crippen LogP contribution in [0.15, 0.2) is 18.2 Å². The average molecular weight is 249 g/mol. The summed E-state index contributed by atoms with van der Waals surface area (Å²) in [5.41, 5.74) is 4.18. The number of hydrogen-bond donors (Lipinski definition) is 1. The molecule has 102 valence electrons. The highest BCUT2D eigenvalue weighted by molar-refractivity contribution is 5.34. The number of hydrogen-bond acceptors (Lipinski definition) is 2. The van der Waals surface area contributed by atoms with E-state index in [-0.39, 0.29) is 6.10 Å². The summed E-state index contributed by atoms with van der Waals surface area (Å²) in [6.07, 6.45) is 1.26. The molecule has 0 amide bonds. The fraction of sp³-hybridized carbons (Fsp3) is 0.625. The first-order valence-corrected chi connectivity index (χ1v) is 6.76. The maximum absolute atomic E-state index is 5.65. The molecule has 2 unspecified atom stereocenters. The third-order valence-electron chi connectivity index (χ3n) is 3.77. The first-order chi connectivity index (χ1) is 8.51. The Kier molecular flexibility index (Phi) is 5.83. The first kappa shape index (κ1) is 15.2. The molecule has 1 N–H and O–H groups in total. The second kappa shape index (κ2) is 6.91. The maximum Gasteiger partial charge on any atom is 0.0750 e. The van der Waals surface area contributed by atoms with Crippen LogP contribution >= 0.6 is 0 Å². The molecule has 1 aromatic carbocycles. The smallest absolute Gasteiger partial charge is 0.0750 e. The van der Waals surface area contributed by atoms with Gasteiger partial charge >= 0.3 is 0 Å². The summed E-state index contributed by atoms with van der Waals surface area (Å²) in [6.45, 7) is 8.80. The van der Waals surface area contributed by atoms with Crippen molar-refractivity contribution in [2.24, 2.45) is 5.92 Å². The Balaban J connectivity index is 2.92. The van der Waals surface area contributed by atoms with Crippen molar-refractivity contribution in [3.63, 3.8) is 0 Å². The van der Waals surface area contributed by atoms with Crippen molar-refractivity contribution in [1.82, 2.24) is 5.32 Å². The normalized spacial score (nSPS) is 14.8. The summed E-state index contributed by atoms with van der Waals surface area (Å²) in [6, 6.07) is 6.85. The Bertz CT molecular complexity index is 353. The van der Waals surface area contributed by atoms with Crippen LogP contribution in [0.25, 0.3) is 0 Å². The van der Waals surface area contributed by atoms with Gasteiger partial charge in [-0.05, 0) is 49.9 Å². The van der Waals surface area contributed by atoms with Crippen molar-refractivity contribution in [3.8, 4) is 0 Å². The molecular formula is C16H27NO. The van der Waals surface area contributed by atoms with Crippen molar-refractivity contribution in [1.29, 1.82) is 0 Å². The van der Waals surface area contributed by atoms with Crippen molar-refractivity contribution >= 4 is 0 Å². The monoisotopic (exact) mass is 249 g/mol. The quantitative estimate of drug-likeness (QED) is 0.836. The predicted molar refractivity (Wildman–Crippen MR) is 78.1 cm³/mol. The summed E-state index contributed by atoms with van der Waals surface area (Å²) in [4.78, 5) is 0. The zero-order valence-electron chi connectivity index (χ0n) is 12.6. The lowest BCUT2D eigenvalue weighted by Gasteiger charge is -2.29. The lowest BCUT2D eigenvalue weighted by atomic mass is 9.90. The van der Waals surface area contributed by atoms with Crippen molar-refractivity contribution in [3.05, 3.63) is 34.9 Å². The molecule has 0 saturated carbocycles. The molecule has 0 aliphatic rings. The van der Waals surface area contributed by atoms with E-state index >= 15 is 0 Å². The Morgan fingerprint density at radius 1 is 1.17 bits per heavy atom. The molecule has 0 aliphatic carbocycles. The highest BCUT2D eigenvalue weighted by atomic mass is 16.5. The molecule has 0 heterocycles. The third-order valence-corrected chi connectivity index (χ3v) is 3.77. The molecule has 0 radical (unpaired) electrons. The molecule has 18 heavy (non-hydrogen) atoms. The summed E-state index contributed by atoms with van der Waals surface area (Å²) < 4.78 is 5.65. The zero-order chi connectivity index (χ0) is 13.7. The van der Waals surface area contributed by atoms with Crippen LogP contribution in [0, 0.1) is 19.8 Å². The van der Waals surface area contributed by atoms with E-state index in [0.717, 1.165) is 6.42 Å². The fourth-order valence-electron chi connectivity index (χ4n) is 2.67. The molecule has 1 aromatic rings. The van der Waals surface area contributed by atoms with E-state index in [4.69, 9.17) is 4.74 Å². The molecule has 0 aromatic heterocycles. The highest BCUT2D eigenvalue weighted by Crippen LogP contribution is 2.19. The number of likely N-dealkylation sites (N-methyl/N-ethyl adjacent to an activating group) is 1. The van der Waals surface area contributed by atoms with Gasteiger partial charge in [-0.15, -0.1) is 0 Å². The minimum absolute atomic E-state index is 0.244. The fourth-order valence-corrected chi connectivity index (χ4v) is 2.67. The maximum atomic E-state index is 5.65. The van der Waals surface area contributed by atoms with E-state index in [1.54, 1.807) is 7.11 Å². The minimum Gasteiger partial charge on any atom is -0.380 e. The second-order valence-corrected chi connectivity index (χ2v) is 5.41. The number of methoxy groups -OCH3 is 1. The molecule has 2 heteroatoms. The summed E-state index contributed by atoms with van der Waals surface area (Å²) >= 11 is 0. The van der Waals surface area contributed by atoms with Crippen LogP contribution in [0.4, 0.5) is 0 Å². The minimum atomic E-state index is 0.244. The van der Waals surface area contributed by atoms with Gasteiger partial charge in [0.1, 0.15) is 0 Å². The summed E-state index contributed by atoms with van der Waals surface area (Å²) in [5, 5.41) is 3.41. The molecule has 2 atom stereocenters. The first-order valence-electron chi connectivity index (χ1n) is 6.76. The van der Waals surface area contributed by atoms with Gasteiger partial charge in [-0.2, -0.15) is 0 Å². The van der Waals surface area contributed by atoms with Gasteiger partial charge in [0, 0.05) is 13.2 Å². The van der Waals surface area contributed by atoms with E-state index in [1.807, 2.05) is 7.05 Å². The Hall–Kier alpha value is -0.860.